The molecule has 6 atom stereocenters. The average Bonchev–Trinajstić information content (AvgIpc) is 3.30. The predicted octanol–water partition coefficient (Wildman–Crippen LogP) is 3.88. The molecular formula is C42H52O11Si6. The van der Waals surface area contributed by atoms with Crippen LogP contribution in [0, 0.1) is 0 Å². The van der Waals surface area contributed by atoms with Crippen molar-refractivity contribution in [2.45, 2.75) is 26.9 Å². The van der Waals surface area contributed by atoms with Gasteiger partial charge < -0.3 is 39.3 Å². The highest BCUT2D eigenvalue weighted by atomic mass is 28.5. The van der Waals surface area contributed by atoms with E-state index in [4.69, 9.17) is 38.9 Å². The van der Waals surface area contributed by atoms with Crippen molar-refractivity contribution >= 4 is 79.5 Å². The van der Waals surface area contributed by atoms with Gasteiger partial charge in [0, 0.05) is 24.6 Å². The summed E-state index contributed by atoms with van der Waals surface area (Å²) in [5.74, 6) is 0.501. The van der Waals surface area contributed by atoms with Gasteiger partial charge in [-0.25, -0.2) is 4.58 Å². The first-order valence-corrected chi connectivity index (χ1v) is 30.3. The smallest absolute Gasteiger partial charge is 0.502 e. The lowest BCUT2D eigenvalue weighted by Crippen LogP contribution is -2.80. The molecule has 7 rings (SSSR count). The van der Waals surface area contributed by atoms with Crippen LogP contribution >= 0.6 is 0 Å². The van der Waals surface area contributed by atoms with E-state index in [1.807, 2.05) is 147 Å². The van der Waals surface area contributed by atoms with Crippen molar-refractivity contribution in [2.75, 3.05) is 14.2 Å². The molecule has 6 aromatic carbocycles. The first-order valence-electron chi connectivity index (χ1n) is 19.2. The van der Waals surface area contributed by atoms with E-state index in [1.54, 1.807) is 62.8 Å². The Morgan fingerprint density at radius 1 is 0.424 bits per heavy atom. The van der Waals surface area contributed by atoms with Crippen LogP contribution in [0.3, 0.4) is 0 Å². The second kappa shape index (κ2) is 22.0. The van der Waals surface area contributed by atoms with E-state index in [0.717, 1.165) is 20.7 Å². The van der Waals surface area contributed by atoms with Gasteiger partial charge in [0.05, 0.1) is 0 Å². The molecule has 1 saturated heterocycles. The summed E-state index contributed by atoms with van der Waals surface area (Å²) < 4.78 is 56.2. The molecule has 6 aromatic rings. The third-order valence-electron chi connectivity index (χ3n) is 9.00. The highest BCUT2D eigenvalue weighted by Gasteiger charge is 2.65. The van der Waals surface area contributed by atoms with Crippen molar-refractivity contribution in [2.24, 2.45) is 0 Å². The fourth-order valence-corrected chi connectivity index (χ4v) is 27.1. The summed E-state index contributed by atoms with van der Waals surface area (Å²) in [6.45, 7) is 8.10. The van der Waals surface area contributed by atoms with Gasteiger partial charge in [-0.3, -0.25) is 4.58 Å². The van der Waals surface area contributed by atoms with Gasteiger partial charge in [-0.05, 0) is 40.8 Å². The Morgan fingerprint density at radius 3 is 1.14 bits per heavy atom. The molecule has 17 heteroatoms. The molecule has 0 aromatic heterocycles. The van der Waals surface area contributed by atoms with Gasteiger partial charge in [0.25, 0.3) is 0 Å². The molecule has 6 unspecified atom stereocenters. The molecule has 0 bridgehead atoms. The Balaban J connectivity index is 0.000000264. The molecule has 0 amide bonds. The standard InChI is InChI=1S/C28H32O6Si4.C12H14O5Si2.C2H6/c1-29-37(27-21-13-7-14-22-27)32-35(3,25-17-9-5-10-18-25)31-36(4,26-19-11-6-12-20-26)33-38(30-2,34-37)28-23-15-8-16-24-28;13-18(12-9-5-2-6-10-12)16-17-19(14)15-11-7-3-1-4-8-11;1-2/h5-24H,1-4H3;1-10,13-14,18-19H;1-2H3. The number of hydrogen-bond acceptors (Lipinski definition) is 11. The highest BCUT2D eigenvalue weighted by Crippen LogP contribution is 2.32. The van der Waals surface area contributed by atoms with E-state index >= 15 is 0 Å². The molecule has 0 radical (unpaired) electrons. The first-order chi connectivity index (χ1) is 28.6. The van der Waals surface area contributed by atoms with E-state index in [2.05, 4.69) is 13.1 Å². The van der Waals surface area contributed by atoms with E-state index in [9.17, 15) is 9.59 Å². The van der Waals surface area contributed by atoms with Crippen LogP contribution in [-0.2, 0) is 34.5 Å². The van der Waals surface area contributed by atoms with Crippen LogP contribution in [0.1, 0.15) is 13.8 Å². The lowest BCUT2D eigenvalue weighted by atomic mass is 10.3. The molecule has 59 heavy (non-hydrogen) atoms. The van der Waals surface area contributed by atoms with Crippen LogP contribution in [-0.4, -0.2) is 77.4 Å². The summed E-state index contributed by atoms with van der Waals surface area (Å²) in [4.78, 5) is 19.4. The zero-order valence-corrected chi connectivity index (χ0v) is 40.4. The number of benzene rings is 6. The van der Waals surface area contributed by atoms with E-state index < -0.39 is 53.5 Å². The SMILES string of the molecule is CC.CO[Si]1(c2ccccc2)O[Si](C)(c2ccccc2)O[Si](C)(c2ccccc2)O[Si](OC)(c2ccccc2)O1.O[SiH](OO[SiH](O)c1ccccc1)Oc1ccccc1. The number of rotatable bonds is 12. The van der Waals surface area contributed by atoms with Gasteiger partial charge in [-0.15, -0.1) is 0 Å². The summed E-state index contributed by atoms with van der Waals surface area (Å²) in [5, 5.41) is 4.25. The molecule has 0 saturated carbocycles. The van der Waals surface area contributed by atoms with E-state index in [1.165, 1.54) is 0 Å². The summed E-state index contributed by atoms with van der Waals surface area (Å²) >= 11 is 0. The van der Waals surface area contributed by atoms with Gasteiger partial charge in [0.15, 0.2) is 0 Å². The van der Waals surface area contributed by atoms with Crippen molar-refractivity contribution in [3.05, 3.63) is 182 Å². The Morgan fingerprint density at radius 2 is 0.763 bits per heavy atom. The van der Waals surface area contributed by atoms with Gasteiger partial charge >= 0.3 is 53.5 Å². The maximum Gasteiger partial charge on any atom is 0.573 e. The van der Waals surface area contributed by atoms with Crippen LogP contribution in [0.4, 0.5) is 0 Å². The monoisotopic (exact) mass is 900 g/mol. The minimum atomic E-state index is -3.67. The predicted molar refractivity (Wildman–Crippen MR) is 243 cm³/mol. The highest BCUT2D eigenvalue weighted by molar-refractivity contribution is 7.03. The summed E-state index contributed by atoms with van der Waals surface area (Å²) in [6.07, 6.45) is 0. The fourth-order valence-electron chi connectivity index (χ4n) is 6.19. The molecule has 11 nitrogen and oxygen atoms in total. The molecule has 310 valence electrons. The molecule has 1 aliphatic heterocycles. The van der Waals surface area contributed by atoms with Crippen molar-refractivity contribution in [1.82, 2.24) is 0 Å². The second-order valence-electron chi connectivity index (χ2n) is 13.0. The third kappa shape index (κ3) is 11.9. The van der Waals surface area contributed by atoms with Crippen molar-refractivity contribution in [3.63, 3.8) is 0 Å². The van der Waals surface area contributed by atoms with Crippen LogP contribution in [0.15, 0.2) is 182 Å². The molecule has 0 aliphatic carbocycles. The molecule has 2 N–H and O–H groups in total. The van der Waals surface area contributed by atoms with Crippen molar-refractivity contribution < 1.29 is 48.5 Å². The summed E-state index contributed by atoms with van der Waals surface area (Å²) in [6, 6.07) is 57.5. The minimum Gasteiger partial charge on any atom is -0.502 e. The van der Waals surface area contributed by atoms with Crippen LogP contribution in [0.5, 0.6) is 5.75 Å². The Hall–Kier alpha value is -3.98. The van der Waals surface area contributed by atoms with Gasteiger partial charge in [0.2, 0.25) is 0 Å². The lowest BCUT2D eigenvalue weighted by Gasteiger charge is -2.49. The van der Waals surface area contributed by atoms with Gasteiger partial charge in [-0.2, -0.15) is 0 Å². The molecule has 1 heterocycles. The quantitative estimate of drug-likeness (QED) is 0.106. The molecule has 1 aliphatic rings. The number of para-hydroxylation sites is 1. The lowest BCUT2D eigenvalue weighted by molar-refractivity contribution is -0.150. The van der Waals surface area contributed by atoms with Crippen LogP contribution < -0.4 is 30.4 Å². The Bertz CT molecular complexity index is 1990. The molecule has 1 fully saturated rings. The summed E-state index contributed by atoms with van der Waals surface area (Å²) in [5.41, 5.74) is 0. The Labute approximate surface area is 355 Å². The third-order valence-corrected chi connectivity index (χ3v) is 27.7. The minimum absolute atomic E-state index is 0.501. The normalized spacial score (nSPS) is 23.7. The van der Waals surface area contributed by atoms with E-state index in [0.29, 0.717) is 10.9 Å². The zero-order valence-electron chi connectivity index (χ0n) is 34.0. The van der Waals surface area contributed by atoms with Gasteiger partial charge in [-0.1, -0.05) is 184 Å². The van der Waals surface area contributed by atoms with Crippen molar-refractivity contribution in [1.29, 1.82) is 0 Å². The zero-order chi connectivity index (χ0) is 42.2. The Kier molecular flexibility index (Phi) is 17.2. The maximum absolute atomic E-state index is 9.78. The molecule has 0 spiro atoms. The first kappa shape index (κ1) is 46.1. The fraction of sp³-hybridized carbons (Fsp3) is 0.143. The van der Waals surface area contributed by atoms with Crippen LogP contribution in [0.25, 0.3) is 0 Å². The largest absolute Gasteiger partial charge is 0.573 e. The van der Waals surface area contributed by atoms with Crippen molar-refractivity contribution in [3.8, 4) is 5.75 Å². The van der Waals surface area contributed by atoms with E-state index in [-0.39, 0.29) is 0 Å². The topological polar surface area (TPSA) is 124 Å². The second-order valence-corrected chi connectivity index (χ2v) is 28.0. The summed E-state index contributed by atoms with van der Waals surface area (Å²) in [7, 11) is -16.1. The van der Waals surface area contributed by atoms with Crippen LogP contribution in [0.2, 0.25) is 13.1 Å². The maximum atomic E-state index is 9.78. The number of hydrogen-bond donors (Lipinski definition) is 2. The van der Waals surface area contributed by atoms with Gasteiger partial charge in [0.1, 0.15) is 5.75 Å². The average molecular weight is 901 g/mol. The molecular weight excluding hydrogens is 849 g/mol.